The smallest absolute Gasteiger partial charge is 0.253 e. The summed E-state index contributed by atoms with van der Waals surface area (Å²) in [6.45, 7) is 5.62. The lowest BCUT2D eigenvalue weighted by Crippen LogP contribution is -2.30. The Kier molecular flexibility index (Phi) is 3.19. The van der Waals surface area contributed by atoms with Gasteiger partial charge in [-0.1, -0.05) is 0 Å². The van der Waals surface area contributed by atoms with Gasteiger partial charge in [0.1, 0.15) is 0 Å². The van der Waals surface area contributed by atoms with Gasteiger partial charge in [-0.15, -0.1) is 0 Å². The zero-order valence-electron chi connectivity index (χ0n) is 9.29. The highest BCUT2D eigenvalue weighted by atomic mass is 16.1. The average Bonchev–Trinajstić information content (AvgIpc) is 2.09. The Morgan fingerprint density at radius 3 is 2.47 bits per heavy atom. The molecule has 0 unspecified atom stereocenters. The number of amides is 1. The number of hydrogen-bond acceptors (Lipinski definition) is 3. The van der Waals surface area contributed by atoms with E-state index in [1.54, 1.807) is 12.1 Å². The average molecular weight is 207 g/mol. The highest BCUT2D eigenvalue weighted by Gasteiger charge is 2.12. The van der Waals surface area contributed by atoms with E-state index in [2.05, 4.69) is 5.32 Å². The van der Waals surface area contributed by atoms with Crippen LogP contribution in [0.2, 0.25) is 0 Å². The molecule has 0 fully saturated rings. The molecule has 15 heavy (non-hydrogen) atoms. The molecule has 4 heteroatoms. The molecule has 82 valence electrons. The van der Waals surface area contributed by atoms with Crippen LogP contribution in [0.15, 0.2) is 12.1 Å². The van der Waals surface area contributed by atoms with Crippen molar-refractivity contribution in [2.75, 3.05) is 11.5 Å². The van der Waals surface area contributed by atoms with Crippen molar-refractivity contribution in [2.24, 2.45) is 0 Å². The number of nitrogen functional groups attached to an aromatic ring is 2. The Labute approximate surface area is 89.6 Å². The van der Waals surface area contributed by atoms with Crippen LogP contribution in [0.1, 0.15) is 29.8 Å². The summed E-state index contributed by atoms with van der Waals surface area (Å²) in [5, 5.41) is 2.78. The van der Waals surface area contributed by atoms with E-state index in [-0.39, 0.29) is 11.9 Å². The van der Waals surface area contributed by atoms with Gasteiger partial charge in [0, 0.05) is 17.4 Å². The fourth-order valence-corrected chi connectivity index (χ4v) is 1.35. The molecule has 1 amide bonds. The normalized spacial score (nSPS) is 10.4. The maximum atomic E-state index is 11.7. The van der Waals surface area contributed by atoms with E-state index < -0.39 is 0 Å². The van der Waals surface area contributed by atoms with E-state index in [1.165, 1.54) is 0 Å². The third-order valence-corrected chi connectivity index (χ3v) is 2.07. The first-order chi connectivity index (χ1) is 6.91. The second-order valence-electron chi connectivity index (χ2n) is 3.93. The molecule has 0 aliphatic rings. The summed E-state index contributed by atoms with van der Waals surface area (Å²) >= 11 is 0. The standard InChI is InChI=1S/C11H17N3O/c1-6(2)14-11(15)9-5-8(12)4-7(3)10(9)13/h4-6H,12-13H2,1-3H3,(H,14,15). The van der Waals surface area contributed by atoms with Crippen molar-refractivity contribution in [3.63, 3.8) is 0 Å². The lowest BCUT2D eigenvalue weighted by molar-refractivity contribution is 0.0944. The van der Waals surface area contributed by atoms with Crippen LogP contribution >= 0.6 is 0 Å². The van der Waals surface area contributed by atoms with Crippen LogP contribution in [0.3, 0.4) is 0 Å². The maximum Gasteiger partial charge on any atom is 0.253 e. The van der Waals surface area contributed by atoms with Gasteiger partial charge in [-0.25, -0.2) is 0 Å². The van der Waals surface area contributed by atoms with E-state index in [4.69, 9.17) is 11.5 Å². The fraction of sp³-hybridized carbons (Fsp3) is 0.364. The van der Waals surface area contributed by atoms with Gasteiger partial charge >= 0.3 is 0 Å². The van der Waals surface area contributed by atoms with Crippen LogP contribution in [0.4, 0.5) is 11.4 Å². The van der Waals surface area contributed by atoms with Gasteiger partial charge in [0.05, 0.1) is 5.56 Å². The van der Waals surface area contributed by atoms with Crippen LogP contribution in [-0.4, -0.2) is 11.9 Å². The first kappa shape index (κ1) is 11.4. The van der Waals surface area contributed by atoms with E-state index in [1.807, 2.05) is 20.8 Å². The van der Waals surface area contributed by atoms with Gasteiger partial charge in [0.2, 0.25) is 0 Å². The Bertz CT molecular complexity index is 386. The molecule has 0 aliphatic carbocycles. The Morgan fingerprint density at radius 1 is 1.33 bits per heavy atom. The molecule has 1 aromatic carbocycles. The van der Waals surface area contributed by atoms with Crippen LogP contribution in [0, 0.1) is 6.92 Å². The summed E-state index contributed by atoms with van der Waals surface area (Å²) in [6.07, 6.45) is 0. The van der Waals surface area contributed by atoms with Crippen LogP contribution < -0.4 is 16.8 Å². The maximum absolute atomic E-state index is 11.7. The van der Waals surface area contributed by atoms with Crippen LogP contribution in [0.25, 0.3) is 0 Å². The molecule has 0 saturated heterocycles. The van der Waals surface area contributed by atoms with Crippen LogP contribution in [0.5, 0.6) is 0 Å². The van der Waals surface area contributed by atoms with Gasteiger partial charge in [0.15, 0.2) is 0 Å². The molecule has 4 nitrogen and oxygen atoms in total. The molecule has 0 aromatic heterocycles. The Hall–Kier alpha value is -1.71. The van der Waals surface area contributed by atoms with Crippen LogP contribution in [-0.2, 0) is 0 Å². The number of rotatable bonds is 2. The Morgan fingerprint density at radius 2 is 1.93 bits per heavy atom. The van der Waals surface area contributed by atoms with Crippen molar-refractivity contribution in [1.29, 1.82) is 0 Å². The molecule has 0 heterocycles. The highest BCUT2D eigenvalue weighted by Crippen LogP contribution is 2.20. The number of benzene rings is 1. The molecule has 0 spiro atoms. The summed E-state index contributed by atoms with van der Waals surface area (Å²) in [6, 6.07) is 3.43. The molecule has 0 saturated carbocycles. The zero-order valence-corrected chi connectivity index (χ0v) is 9.29. The van der Waals surface area contributed by atoms with Crippen molar-refractivity contribution >= 4 is 17.3 Å². The van der Waals surface area contributed by atoms with Crippen molar-refractivity contribution in [3.05, 3.63) is 23.3 Å². The minimum Gasteiger partial charge on any atom is -0.399 e. The molecule has 0 atom stereocenters. The minimum atomic E-state index is -0.182. The van der Waals surface area contributed by atoms with Gasteiger partial charge < -0.3 is 16.8 Å². The van der Waals surface area contributed by atoms with Crippen molar-refractivity contribution < 1.29 is 4.79 Å². The molecule has 0 aliphatic heterocycles. The second-order valence-corrected chi connectivity index (χ2v) is 3.93. The number of carbonyl (C=O) groups is 1. The third-order valence-electron chi connectivity index (χ3n) is 2.07. The number of nitrogens with one attached hydrogen (secondary N) is 1. The molecule has 5 N–H and O–H groups in total. The minimum absolute atomic E-state index is 0.0821. The van der Waals surface area contributed by atoms with Gasteiger partial charge in [0.25, 0.3) is 5.91 Å². The predicted molar refractivity (Wildman–Crippen MR) is 62.6 cm³/mol. The van der Waals surface area contributed by atoms with Gasteiger partial charge in [-0.2, -0.15) is 0 Å². The fourth-order valence-electron chi connectivity index (χ4n) is 1.35. The molecule has 0 bridgehead atoms. The molecule has 1 rings (SSSR count). The van der Waals surface area contributed by atoms with E-state index in [0.29, 0.717) is 16.9 Å². The largest absolute Gasteiger partial charge is 0.399 e. The monoisotopic (exact) mass is 207 g/mol. The lowest BCUT2D eigenvalue weighted by atomic mass is 10.1. The van der Waals surface area contributed by atoms with E-state index in [0.717, 1.165) is 5.56 Å². The number of carbonyl (C=O) groups excluding carboxylic acids is 1. The van der Waals surface area contributed by atoms with Gasteiger partial charge in [-0.05, 0) is 38.5 Å². The number of aryl methyl sites for hydroxylation is 1. The number of nitrogens with two attached hydrogens (primary N) is 2. The summed E-state index contributed by atoms with van der Waals surface area (Å²) in [4.78, 5) is 11.7. The molecule has 1 aromatic rings. The summed E-state index contributed by atoms with van der Waals surface area (Å²) in [5.74, 6) is -0.182. The van der Waals surface area contributed by atoms with Crippen molar-refractivity contribution in [1.82, 2.24) is 5.32 Å². The third kappa shape index (κ3) is 2.62. The molecular weight excluding hydrogens is 190 g/mol. The SMILES string of the molecule is Cc1cc(N)cc(C(=O)NC(C)C)c1N. The van der Waals surface area contributed by atoms with E-state index >= 15 is 0 Å². The summed E-state index contributed by atoms with van der Waals surface area (Å²) in [7, 11) is 0. The summed E-state index contributed by atoms with van der Waals surface area (Å²) in [5.41, 5.74) is 13.8. The highest BCUT2D eigenvalue weighted by molar-refractivity contribution is 6.00. The first-order valence-electron chi connectivity index (χ1n) is 4.88. The predicted octanol–water partition coefficient (Wildman–Crippen LogP) is 1.30. The first-order valence-corrected chi connectivity index (χ1v) is 4.88. The topological polar surface area (TPSA) is 81.1 Å². The van der Waals surface area contributed by atoms with Crippen molar-refractivity contribution in [2.45, 2.75) is 26.8 Å². The quantitative estimate of drug-likeness (QED) is 0.639. The zero-order chi connectivity index (χ0) is 11.6. The second kappa shape index (κ2) is 4.21. The number of hydrogen-bond donors (Lipinski definition) is 3. The lowest BCUT2D eigenvalue weighted by Gasteiger charge is -2.12. The van der Waals surface area contributed by atoms with E-state index in [9.17, 15) is 4.79 Å². The summed E-state index contributed by atoms with van der Waals surface area (Å²) < 4.78 is 0. The van der Waals surface area contributed by atoms with Crippen molar-refractivity contribution in [3.8, 4) is 0 Å². The number of anilines is 2. The molecule has 0 radical (unpaired) electrons. The molecular formula is C11H17N3O. The van der Waals surface area contributed by atoms with Gasteiger partial charge in [-0.3, -0.25) is 4.79 Å². The Balaban J connectivity index is 3.08.